The number of rotatable bonds is 8. The summed E-state index contributed by atoms with van der Waals surface area (Å²) in [6, 6.07) is 16.5. The summed E-state index contributed by atoms with van der Waals surface area (Å²) < 4.78 is 7.78. The second-order valence-electron chi connectivity index (χ2n) is 5.86. The lowest BCUT2D eigenvalue weighted by molar-refractivity contribution is 0.340. The van der Waals surface area contributed by atoms with E-state index in [4.69, 9.17) is 9.72 Å². The van der Waals surface area contributed by atoms with Crippen molar-refractivity contribution in [3.05, 3.63) is 54.1 Å². The third kappa shape index (κ3) is 3.70. The number of nitrogens with zero attached hydrogens (tertiary/aromatic N) is 2. The number of aromatic nitrogens is 2. The number of para-hydroxylation sites is 2. The Bertz CT molecular complexity index is 777. The maximum absolute atomic E-state index is 5.49. The van der Waals surface area contributed by atoms with Crippen LogP contribution in [0.5, 0.6) is 5.75 Å². The van der Waals surface area contributed by atoms with Crippen LogP contribution in [0.1, 0.15) is 32.3 Å². The molecule has 0 radical (unpaired) electrons. The fraction of sp³-hybridized carbons (Fsp3) is 0.350. The number of hydrogen-bond donors (Lipinski definition) is 1. The highest BCUT2D eigenvalue weighted by molar-refractivity contribution is 5.78. The van der Waals surface area contributed by atoms with Crippen molar-refractivity contribution in [1.29, 1.82) is 0 Å². The van der Waals surface area contributed by atoms with E-state index in [2.05, 4.69) is 47.1 Å². The quantitative estimate of drug-likeness (QED) is 0.644. The molecule has 0 atom stereocenters. The van der Waals surface area contributed by atoms with Crippen LogP contribution in [0.2, 0.25) is 0 Å². The molecule has 126 valence electrons. The van der Waals surface area contributed by atoms with Crippen LogP contribution in [0.25, 0.3) is 11.0 Å². The molecule has 0 aliphatic carbocycles. The summed E-state index contributed by atoms with van der Waals surface area (Å²) in [6.45, 7) is 6.64. The van der Waals surface area contributed by atoms with E-state index in [1.807, 2.05) is 25.1 Å². The number of benzene rings is 2. The predicted molar refractivity (Wildman–Crippen MR) is 99.6 cm³/mol. The second kappa shape index (κ2) is 7.86. The zero-order chi connectivity index (χ0) is 16.8. The van der Waals surface area contributed by atoms with Crippen LogP contribution < -0.4 is 10.1 Å². The van der Waals surface area contributed by atoms with E-state index < -0.39 is 0 Å². The predicted octanol–water partition coefficient (Wildman–Crippen LogP) is 4.85. The van der Waals surface area contributed by atoms with E-state index in [1.54, 1.807) is 0 Å². The number of hydrogen-bond acceptors (Lipinski definition) is 3. The molecule has 0 aliphatic rings. The lowest BCUT2D eigenvalue weighted by Crippen LogP contribution is -2.08. The molecule has 1 aromatic heterocycles. The zero-order valence-corrected chi connectivity index (χ0v) is 14.5. The highest BCUT2D eigenvalue weighted by Crippen LogP contribution is 2.21. The standard InChI is InChI=1S/C20H25N3O/c1-3-5-14-23-19-9-7-6-8-18(19)22-20(23)21-15-16-10-12-17(13-11-16)24-4-2/h6-13H,3-5,14-15H2,1-2H3,(H,21,22). The van der Waals surface area contributed by atoms with Gasteiger partial charge in [0.2, 0.25) is 5.95 Å². The van der Waals surface area contributed by atoms with Crippen molar-refractivity contribution in [2.75, 3.05) is 11.9 Å². The molecule has 0 saturated heterocycles. The first-order chi connectivity index (χ1) is 11.8. The van der Waals surface area contributed by atoms with E-state index in [0.29, 0.717) is 6.61 Å². The molecule has 1 N–H and O–H groups in total. The van der Waals surface area contributed by atoms with Crippen molar-refractivity contribution in [2.24, 2.45) is 0 Å². The SMILES string of the molecule is CCCCn1c(NCc2ccc(OCC)cc2)nc2ccccc21. The van der Waals surface area contributed by atoms with Crippen molar-refractivity contribution < 1.29 is 4.74 Å². The lowest BCUT2D eigenvalue weighted by Gasteiger charge is -2.11. The van der Waals surface area contributed by atoms with Crippen LogP contribution >= 0.6 is 0 Å². The first-order valence-corrected chi connectivity index (χ1v) is 8.72. The highest BCUT2D eigenvalue weighted by atomic mass is 16.5. The van der Waals surface area contributed by atoms with Crippen LogP contribution in [-0.2, 0) is 13.1 Å². The lowest BCUT2D eigenvalue weighted by atomic mass is 10.2. The van der Waals surface area contributed by atoms with Crippen LogP contribution in [0, 0.1) is 0 Å². The molecule has 4 nitrogen and oxygen atoms in total. The minimum absolute atomic E-state index is 0.694. The van der Waals surface area contributed by atoms with E-state index in [0.717, 1.165) is 36.7 Å². The normalized spacial score (nSPS) is 10.9. The minimum atomic E-state index is 0.694. The Hall–Kier alpha value is -2.49. The van der Waals surface area contributed by atoms with E-state index in [9.17, 15) is 0 Å². The van der Waals surface area contributed by atoms with Crippen LogP contribution in [0.15, 0.2) is 48.5 Å². The molecule has 0 fully saturated rings. The van der Waals surface area contributed by atoms with Crippen molar-refractivity contribution in [2.45, 2.75) is 39.8 Å². The molecule has 4 heteroatoms. The molecule has 0 aliphatic heterocycles. The molecule has 0 unspecified atom stereocenters. The largest absolute Gasteiger partial charge is 0.494 e. The van der Waals surface area contributed by atoms with Crippen molar-refractivity contribution in [3.63, 3.8) is 0 Å². The van der Waals surface area contributed by atoms with Crippen molar-refractivity contribution in [3.8, 4) is 5.75 Å². The van der Waals surface area contributed by atoms with E-state index >= 15 is 0 Å². The van der Waals surface area contributed by atoms with Gasteiger partial charge in [0.25, 0.3) is 0 Å². The van der Waals surface area contributed by atoms with Crippen LogP contribution in [-0.4, -0.2) is 16.2 Å². The van der Waals surface area contributed by atoms with Gasteiger partial charge in [0.1, 0.15) is 5.75 Å². The maximum Gasteiger partial charge on any atom is 0.204 e. The monoisotopic (exact) mass is 323 g/mol. The van der Waals surface area contributed by atoms with Gasteiger partial charge in [0, 0.05) is 13.1 Å². The number of aryl methyl sites for hydroxylation is 1. The topological polar surface area (TPSA) is 39.1 Å². The Morgan fingerprint density at radius 1 is 1.04 bits per heavy atom. The molecule has 2 aromatic carbocycles. The molecule has 0 bridgehead atoms. The zero-order valence-electron chi connectivity index (χ0n) is 14.5. The number of imidazole rings is 1. The molecule has 1 heterocycles. The van der Waals surface area contributed by atoms with Gasteiger partial charge in [-0.05, 0) is 43.2 Å². The van der Waals surface area contributed by atoms with Gasteiger partial charge < -0.3 is 14.6 Å². The van der Waals surface area contributed by atoms with E-state index in [-0.39, 0.29) is 0 Å². The number of anilines is 1. The van der Waals surface area contributed by atoms with Gasteiger partial charge in [-0.3, -0.25) is 0 Å². The van der Waals surface area contributed by atoms with Gasteiger partial charge in [0.15, 0.2) is 0 Å². The first-order valence-electron chi connectivity index (χ1n) is 8.72. The summed E-state index contributed by atoms with van der Waals surface area (Å²) in [6.07, 6.45) is 2.32. The van der Waals surface area contributed by atoms with Gasteiger partial charge >= 0.3 is 0 Å². The Balaban J connectivity index is 1.76. The third-order valence-electron chi connectivity index (χ3n) is 4.07. The Kier molecular flexibility index (Phi) is 5.36. The summed E-state index contributed by atoms with van der Waals surface area (Å²) in [7, 11) is 0. The van der Waals surface area contributed by atoms with Gasteiger partial charge in [-0.1, -0.05) is 37.6 Å². The van der Waals surface area contributed by atoms with Crippen molar-refractivity contribution >= 4 is 17.0 Å². The van der Waals surface area contributed by atoms with Crippen molar-refractivity contribution in [1.82, 2.24) is 9.55 Å². The summed E-state index contributed by atoms with van der Waals surface area (Å²) in [5, 5.41) is 3.49. The summed E-state index contributed by atoms with van der Waals surface area (Å²) >= 11 is 0. The third-order valence-corrected chi connectivity index (χ3v) is 4.07. The summed E-state index contributed by atoms with van der Waals surface area (Å²) in [5.41, 5.74) is 3.45. The highest BCUT2D eigenvalue weighted by Gasteiger charge is 2.09. The molecule has 0 spiro atoms. The Labute approximate surface area is 143 Å². The number of ether oxygens (including phenoxy) is 1. The molecule has 3 aromatic rings. The van der Waals surface area contributed by atoms with Crippen LogP contribution in [0.4, 0.5) is 5.95 Å². The Morgan fingerprint density at radius 3 is 2.58 bits per heavy atom. The summed E-state index contributed by atoms with van der Waals surface area (Å²) in [5.74, 6) is 1.86. The average Bonchev–Trinajstić information content (AvgIpc) is 2.97. The Morgan fingerprint density at radius 2 is 1.83 bits per heavy atom. The number of fused-ring (bicyclic) bond motifs is 1. The molecular formula is C20H25N3O. The minimum Gasteiger partial charge on any atom is -0.494 e. The molecular weight excluding hydrogens is 298 g/mol. The number of nitrogens with one attached hydrogen (secondary N) is 1. The second-order valence-corrected chi connectivity index (χ2v) is 5.86. The fourth-order valence-corrected chi connectivity index (χ4v) is 2.80. The van der Waals surface area contributed by atoms with Gasteiger partial charge in [0.05, 0.1) is 17.6 Å². The van der Waals surface area contributed by atoms with Gasteiger partial charge in [-0.15, -0.1) is 0 Å². The fourth-order valence-electron chi connectivity index (χ4n) is 2.80. The van der Waals surface area contributed by atoms with E-state index in [1.165, 1.54) is 17.5 Å². The summed E-state index contributed by atoms with van der Waals surface area (Å²) in [4.78, 5) is 4.75. The van der Waals surface area contributed by atoms with Gasteiger partial charge in [-0.2, -0.15) is 0 Å². The van der Waals surface area contributed by atoms with Gasteiger partial charge in [-0.25, -0.2) is 4.98 Å². The molecule has 0 saturated carbocycles. The molecule has 0 amide bonds. The number of unbranched alkanes of at least 4 members (excludes halogenated alkanes) is 1. The van der Waals surface area contributed by atoms with Crippen LogP contribution in [0.3, 0.4) is 0 Å². The average molecular weight is 323 g/mol. The first kappa shape index (κ1) is 16.4. The molecule has 3 rings (SSSR count). The smallest absolute Gasteiger partial charge is 0.204 e. The molecule has 24 heavy (non-hydrogen) atoms. The maximum atomic E-state index is 5.49.